The average molecular weight is 665 g/mol. The molecule has 2 bridgehead atoms. The topological polar surface area (TPSA) is 218 Å². The van der Waals surface area contributed by atoms with E-state index in [4.69, 9.17) is 28.6 Å². The maximum absolute atomic E-state index is 13.2. The predicted molar refractivity (Wildman–Crippen MR) is 156 cm³/mol. The lowest BCUT2D eigenvalue weighted by atomic mass is 9.70. The van der Waals surface area contributed by atoms with E-state index in [-0.39, 0.29) is 61.0 Å². The highest BCUT2D eigenvalue weighted by molar-refractivity contribution is 8.44. The minimum Gasteiger partial charge on any atom is -0.382 e. The van der Waals surface area contributed by atoms with E-state index in [9.17, 15) is 13.9 Å². The highest BCUT2D eigenvalue weighted by atomic mass is 32.7. The van der Waals surface area contributed by atoms with E-state index >= 15 is 0 Å². The van der Waals surface area contributed by atoms with Crippen LogP contribution in [-0.2, 0) is 32.0 Å². The van der Waals surface area contributed by atoms with Crippen LogP contribution in [0.4, 0.5) is 5.82 Å². The second-order valence-electron chi connectivity index (χ2n) is 10.9. The van der Waals surface area contributed by atoms with Gasteiger partial charge < -0.3 is 33.6 Å². The number of anilines is 1. The molecule has 1 saturated carbocycles. The van der Waals surface area contributed by atoms with Gasteiger partial charge in [-0.25, -0.2) is 33.9 Å². The summed E-state index contributed by atoms with van der Waals surface area (Å²) in [5, 5.41) is 0. The Bertz CT molecular complexity index is 2030. The summed E-state index contributed by atoms with van der Waals surface area (Å²) >= 11 is 4.20. The SMILES string of the molecule is Nc1ncnc2c1ncn2[C@@H]1C[C@@H]2CO[PH](=O)O[C@@H]3C[C@@H](CO[P@](=O)(S)OC[C@H]21)O[C@H]3n1cnc2c(=O)n3ccnc3[nH]c21. The fourth-order valence-corrected chi connectivity index (χ4v) is 8.23. The molecule has 1 unspecified atom stereocenters. The van der Waals surface area contributed by atoms with Crippen LogP contribution in [0.3, 0.4) is 0 Å². The molecule has 7 heterocycles. The molecule has 21 heteroatoms. The van der Waals surface area contributed by atoms with E-state index < -0.39 is 33.5 Å². The number of aromatic nitrogens is 9. The normalized spacial score (nSPS) is 33.3. The molecule has 3 fully saturated rings. The van der Waals surface area contributed by atoms with E-state index in [1.165, 1.54) is 29.4 Å². The Balaban J connectivity index is 1.06. The molecule has 8 atom stereocenters. The third-order valence-electron chi connectivity index (χ3n) is 8.41. The molecular formula is C23H26N10O8P2S. The number of imidazole rings is 3. The summed E-state index contributed by atoms with van der Waals surface area (Å²) in [6, 6.07) is -0.144. The van der Waals surface area contributed by atoms with Gasteiger partial charge in [-0.1, -0.05) is 12.2 Å². The van der Waals surface area contributed by atoms with Crippen molar-refractivity contribution in [2.24, 2.45) is 11.8 Å². The smallest absolute Gasteiger partial charge is 0.382 e. The largest absolute Gasteiger partial charge is 0.386 e. The molecule has 18 nitrogen and oxygen atoms in total. The summed E-state index contributed by atoms with van der Waals surface area (Å²) in [5.41, 5.74) is 7.14. The van der Waals surface area contributed by atoms with Crippen LogP contribution in [0.1, 0.15) is 25.1 Å². The summed E-state index contributed by atoms with van der Waals surface area (Å²) < 4.78 is 60.4. The number of aromatic amines is 1. The maximum Gasteiger partial charge on any atom is 0.386 e. The molecule has 5 aromatic rings. The van der Waals surface area contributed by atoms with Crippen LogP contribution in [0, 0.1) is 11.8 Å². The van der Waals surface area contributed by atoms with Crippen molar-refractivity contribution in [3.05, 3.63) is 41.7 Å². The zero-order valence-electron chi connectivity index (χ0n) is 22.7. The number of thiol groups is 1. The fourth-order valence-electron chi connectivity index (χ4n) is 6.17. The van der Waals surface area contributed by atoms with Crippen LogP contribution in [0.25, 0.3) is 28.1 Å². The van der Waals surface area contributed by atoms with Crippen molar-refractivity contribution in [3.8, 4) is 0 Å². The second-order valence-corrected chi connectivity index (χ2v) is 14.8. The molecule has 0 spiro atoms. The monoisotopic (exact) mass is 664 g/mol. The minimum absolute atomic E-state index is 0.0227. The number of nitrogens with one attached hydrogen (secondary N) is 1. The van der Waals surface area contributed by atoms with E-state index in [2.05, 4.69) is 42.2 Å². The zero-order chi connectivity index (χ0) is 30.2. The molecule has 0 radical (unpaired) electrons. The van der Waals surface area contributed by atoms with Crippen LogP contribution in [0.15, 0.2) is 36.2 Å². The van der Waals surface area contributed by atoms with Gasteiger partial charge in [0, 0.05) is 30.8 Å². The van der Waals surface area contributed by atoms with Crippen LogP contribution in [0.5, 0.6) is 0 Å². The molecule has 0 aromatic carbocycles. The number of hydrogen-bond donors (Lipinski definition) is 3. The number of rotatable bonds is 2. The lowest BCUT2D eigenvalue weighted by Gasteiger charge is -2.45. The molecule has 232 valence electrons. The lowest BCUT2D eigenvalue weighted by Crippen LogP contribution is -2.43. The number of nitrogens with two attached hydrogens (primary N) is 1. The highest BCUT2D eigenvalue weighted by Gasteiger charge is 2.46. The lowest BCUT2D eigenvalue weighted by molar-refractivity contribution is -0.0422. The van der Waals surface area contributed by atoms with Crippen molar-refractivity contribution in [2.45, 2.75) is 37.3 Å². The maximum atomic E-state index is 13.2. The van der Waals surface area contributed by atoms with Crippen LogP contribution in [-0.4, -0.2) is 75.5 Å². The Morgan fingerprint density at radius 2 is 1.86 bits per heavy atom. The van der Waals surface area contributed by atoms with Gasteiger partial charge in [-0.15, -0.1) is 0 Å². The Morgan fingerprint density at radius 3 is 2.75 bits per heavy atom. The van der Waals surface area contributed by atoms with Gasteiger partial charge in [0.25, 0.3) is 5.56 Å². The van der Waals surface area contributed by atoms with Crippen LogP contribution < -0.4 is 11.3 Å². The van der Waals surface area contributed by atoms with Gasteiger partial charge in [-0.05, 0) is 12.3 Å². The first-order valence-corrected chi connectivity index (χ1v) is 17.6. The Labute approximate surface area is 252 Å². The summed E-state index contributed by atoms with van der Waals surface area (Å²) in [6.07, 6.45) is 6.01. The summed E-state index contributed by atoms with van der Waals surface area (Å²) in [4.78, 5) is 37.1. The van der Waals surface area contributed by atoms with Gasteiger partial charge in [0.05, 0.1) is 38.6 Å². The van der Waals surface area contributed by atoms with Crippen molar-refractivity contribution in [3.63, 3.8) is 0 Å². The van der Waals surface area contributed by atoms with Gasteiger partial charge in [0.1, 0.15) is 23.6 Å². The van der Waals surface area contributed by atoms with E-state index in [1.54, 1.807) is 10.9 Å². The van der Waals surface area contributed by atoms with Crippen molar-refractivity contribution < 1.29 is 32.0 Å². The second kappa shape index (κ2) is 10.7. The van der Waals surface area contributed by atoms with Gasteiger partial charge in [0.15, 0.2) is 23.2 Å². The van der Waals surface area contributed by atoms with Gasteiger partial charge >= 0.3 is 15.1 Å². The molecule has 3 N–H and O–H groups in total. The molecule has 44 heavy (non-hydrogen) atoms. The first kappa shape index (κ1) is 28.3. The van der Waals surface area contributed by atoms with Crippen molar-refractivity contribution in [2.75, 3.05) is 25.6 Å². The Morgan fingerprint density at radius 1 is 1.05 bits per heavy atom. The number of H-pyrrole nitrogens is 1. The molecule has 2 aliphatic heterocycles. The molecular weight excluding hydrogens is 638 g/mol. The average Bonchev–Trinajstić information content (AvgIpc) is 3.78. The summed E-state index contributed by atoms with van der Waals surface area (Å²) in [6.45, 7) is -3.84. The summed E-state index contributed by atoms with van der Waals surface area (Å²) in [5.74, 6) is 0.239. The van der Waals surface area contributed by atoms with E-state index in [0.29, 0.717) is 29.0 Å². The van der Waals surface area contributed by atoms with Gasteiger partial charge in [-0.3, -0.25) is 18.5 Å². The minimum atomic E-state index is -3.81. The van der Waals surface area contributed by atoms with Crippen LogP contribution >= 0.6 is 27.3 Å². The Kier molecular flexibility index (Phi) is 6.91. The van der Waals surface area contributed by atoms with E-state index in [0.717, 1.165) is 0 Å². The molecule has 5 aromatic heterocycles. The van der Waals surface area contributed by atoms with Gasteiger partial charge in [-0.2, -0.15) is 0 Å². The number of hydrogen-bond acceptors (Lipinski definition) is 14. The van der Waals surface area contributed by atoms with Crippen molar-refractivity contribution in [1.82, 2.24) is 43.4 Å². The zero-order valence-corrected chi connectivity index (χ0v) is 25.5. The quantitative estimate of drug-likeness (QED) is 0.182. The molecule has 0 amide bonds. The third-order valence-corrected chi connectivity index (χ3v) is 11.0. The summed E-state index contributed by atoms with van der Waals surface area (Å²) in [7, 11) is -3.00. The molecule has 1 aliphatic carbocycles. The number of nitrogen functional groups attached to an aromatic ring is 1. The number of nitrogens with zero attached hydrogens (tertiary/aromatic N) is 8. The third kappa shape index (κ3) is 4.79. The highest BCUT2D eigenvalue weighted by Crippen LogP contribution is 2.56. The van der Waals surface area contributed by atoms with Crippen molar-refractivity contribution >= 4 is 61.2 Å². The number of ether oxygens (including phenoxy) is 1. The first-order chi connectivity index (χ1) is 21.3. The van der Waals surface area contributed by atoms with Crippen LogP contribution in [0.2, 0.25) is 0 Å². The predicted octanol–water partition coefficient (Wildman–Crippen LogP) is 2.14. The molecule has 8 rings (SSSR count). The van der Waals surface area contributed by atoms with E-state index in [1.807, 2.05) is 4.57 Å². The number of fused-ring (bicyclic) bond motifs is 6. The standard InChI is InChI=1S/C23H26N10O8P2S/c24-18-16-19(27-8-26-18)32(9-28-16)14-3-11-5-37-42(35)41-15-4-12(6-38-43(36,44)39-7-13(11)14)40-22(15)33-10-29-17-20(33)30-23-25-1-2-31(23)21(17)34/h1-2,8-15,22,42H,3-7H2,(H,25,30)(H,36,44)(H2,24,26,27)/t11-,12+,13-,14-,15-,22-,43+/m1/s1. The fraction of sp³-hybridized carbons (Fsp3) is 0.478. The van der Waals surface area contributed by atoms with Gasteiger partial charge in [0.2, 0.25) is 5.78 Å². The Hall–Kier alpha value is -3.15. The van der Waals surface area contributed by atoms with Crippen molar-refractivity contribution in [1.29, 1.82) is 0 Å². The molecule has 2 saturated heterocycles. The molecule has 3 aliphatic rings. The first-order valence-electron chi connectivity index (χ1n) is 13.7.